The second-order valence-electron chi connectivity index (χ2n) is 5.76. The van der Waals surface area contributed by atoms with Crippen molar-refractivity contribution in [3.8, 4) is 0 Å². The van der Waals surface area contributed by atoms with Gasteiger partial charge in [-0.1, -0.05) is 19.3 Å². The largest absolute Gasteiger partial charge is 0.314 e. The first-order valence-electron chi connectivity index (χ1n) is 7.54. The summed E-state index contributed by atoms with van der Waals surface area (Å²) in [6, 6.07) is 2.87. The summed E-state index contributed by atoms with van der Waals surface area (Å²) in [6.07, 6.45) is 7.13. The molecule has 0 aromatic carbocycles. The van der Waals surface area contributed by atoms with Crippen molar-refractivity contribution in [1.82, 2.24) is 10.2 Å². The van der Waals surface area contributed by atoms with E-state index in [1.165, 1.54) is 49.7 Å². The minimum atomic E-state index is 0. The fourth-order valence-corrected chi connectivity index (χ4v) is 5.44. The van der Waals surface area contributed by atoms with Gasteiger partial charge >= 0.3 is 0 Å². The second-order valence-corrected chi connectivity index (χ2v) is 7.56. The molecule has 122 valence electrons. The van der Waals surface area contributed by atoms with Gasteiger partial charge in [0.05, 0.1) is 0 Å². The predicted molar refractivity (Wildman–Crippen MR) is 100 cm³/mol. The lowest BCUT2D eigenvalue weighted by Crippen LogP contribution is -2.47. The molecule has 6 heteroatoms. The van der Waals surface area contributed by atoms with Gasteiger partial charge in [0, 0.05) is 41.6 Å². The molecule has 0 unspecified atom stereocenters. The Hall–Kier alpha value is 0.680. The van der Waals surface area contributed by atoms with E-state index in [0.29, 0.717) is 6.04 Å². The van der Waals surface area contributed by atoms with Crippen molar-refractivity contribution < 1.29 is 0 Å². The highest BCUT2D eigenvalue weighted by molar-refractivity contribution is 9.10. The molecule has 1 aliphatic heterocycles. The molecule has 1 atom stereocenters. The van der Waals surface area contributed by atoms with Crippen LogP contribution in [0, 0.1) is 5.92 Å². The molecule has 21 heavy (non-hydrogen) atoms. The highest BCUT2D eigenvalue weighted by atomic mass is 79.9. The van der Waals surface area contributed by atoms with Crippen LogP contribution in [-0.4, -0.2) is 31.1 Å². The van der Waals surface area contributed by atoms with Crippen LogP contribution in [0.4, 0.5) is 0 Å². The van der Waals surface area contributed by atoms with Crippen LogP contribution in [0.5, 0.6) is 0 Å². The molecule has 1 aliphatic carbocycles. The number of hydrogen-bond acceptors (Lipinski definition) is 3. The molecule has 2 heterocycles. The van der Waals surface area contributed by atoms with Gasteiger partial charge in [0.1, 0.15) is 0 Å². The van der Waals surface area contributed by atoms with Crippen molar-refractivity contribution >= 4 is 52.1 Å². The number of piperazine rings is 1. The second kappa shape index (κ2) is 9.74. The zero-order valence-corrected chi connectivity index (χ0v) is 16.3. The van der Waals surface area contributed by atoms with Crippen LogP contribution < -0.4 is 5.32 Å². The van der Waals surface area contributed by atoms with Crippen molar-refractivity contribution in [3.63, 3.8) is 0 Å². The summed E-state index contributed by atoms with van der Waals surface area (Å²) >= 11 is 5.70. The van der Waals surface area contributed by atoms with E-state index in [0.717, 1.165) is 19.0 Å². The summed E-state index contributed by atoms with van der Waals surface area (Å²) in [6.45, 7) is 4.69. The first-order valence-corrected chi connectivity index (χ1v) is 9.21. The highest BCUT2D eigenvalue weighted by Crippen LogP contribution is 2.43. The van der Waals surface area contributed by atoms with Crippen molar-refractivity contribution in [3.05, 3.63) is 20.8 Å². The molecule has 0 spiro atoms. The smallest absolute Gasteiger partial charge is 0.0482 e. The summed E-state index contributed by atoms with van der Waals surface area (Å²) in [7, 11) is 0. The van der Waals surface area contributed by atoms with E-state index in [9.17, 15) is 0 Å². The van der Waals surface area contributed by atoms with Crippen LogP contribution in [0.25, 0.3) is 0 Å². The first-order chi connectivity index (χ1) is 9.36. The third-order valence-corrected chi connectivity index (χ3v) is 6.50. The minimum absolute atomic E-state index is 0. The Balaban J connectivity index is 0.00000110. The Morgan fingerprint density at radius 2 is 1.81 bits per heavy atom. The molecule has 1 saturated carbocycles. The fraction of sp³-hybridized carbons (Fsp3) is 0.733. The Labute approximate surface area is 153 Å². The molecule has 1 aromatic rings. The van der Waals surface area contributed by atoms with E-state index in [1.807, 2.05) is 11.3 Å². The van der Waals surface area contributed by atoms with Crippen LogP contribution >= 0.6 is 52.1 Å². The van der Waals surface area contributed by atoms with Gasteiger partial charge < -0.3 is 5.32 Å². The van der Waals surface area contributed by atoms with Gasteiger partial charge in [0.15, 0.2) is 0 Å². The van der Waals surface area contributed by atoms with E-state index >= 15 is 0 Å². The topological polar surface area (TPSA) is 15.3 Å². The Morgan fingerprint density at radius 1 is 1.14 bits per heavy atom. The summed E-state index contributed by atoms with van der Waals surface area (Å²) in [5.41, 5.74) is 0. The lowest BCUT2D eigenvalue weighted by molar-refractivity contribution is 0.105. The summed E-state index contributed by atoms with van der Waals surface area (Å²) in [5, 5.41) is 5.72. The third-order valence-electron chi connectivity index (χ3n) is 4.55. The zero-order valence-electron chi connectivity index (χ0n) is 12.2. The lowest BCUT2D eigenvalue weighted by Gasteiger charge is -2.40. The van der Waals surface area contributed by atoms with Gasteiger partial charge in [-0.3, -0.25) is 4.90 Å². The maximum absolute atomic E-state index is 3.77. The monoisotopic (exact) mass is 414 g/mol. The Morgan fingerprint density at radius 3 is 2.38 bits per heavy atom. The first kappa shape index (κ1) is 19.7. The van der Waals surface area contributed by atoms with Gasteiger partial charge in [-0.2, -0.15) is 0 Å². The van der Waals surface area contributed by atoms with Crippen LogP contribution in [-0.2, 0) is 0 Å². The third kappa shape index (κ3) is 4.82. The van der Waals surface area contributed by atoms with Gasteiger partial charge in [0.2, 0.25) is 0 Å². The van der Waals surface area contributed by atoms with Gasteiger partial charge in [-0.15, -0.1) is 36.2 Å². The Kier molecular flexibility index (Phi) is 9.15. The van der Waals surface area contributed by atoms with Gasteiger partial charge in [0.25, 0.3) is 0 Å². The zero-order chi connectivity index (χ0) is 13.1. The number of nitrogens with zero attached hydrogens (tertiary/aromatic N) is 1. The predicted octanol–water partition coefficient (Wildman–Crippen LogP) is 4.88. The van der Waals surface area contributed by atoms with E-state index in [-0.39, 0.29) is 24.8 Å². The molecule has 3 rings (SSSR count). The summed E-state index contributed by atoms with van der Waals surface area (Å²) in [4.78, 5) is 4.29. The summed E-state index contributed by atoms with van der Waals surface area (Å²) in [5.74, 6) is 0.863. The maximum atomic E-state index is 3.77. The van der Waals surface area contributed by atoms with Crippen LogP contribution in [0.1, 0.15) is 43.0 Å². The maximum Gasteiger partial charge on any atom is 0.0482 e. The number of halogens is 3. The average Bonchev–Trinajstić information content (AvgIpc) is 2.88. The van der Waals surface area contributed by atoms with Crippen LogP contribution in [0.2, 0.25) is 0 Å². The number of rotatable bonds is 3. The van der Waals surface area contributed by atoms with E-state index in [2.05, 4.69) is 37.6 Å². The highest BCUT2D eigenvalue weighted by Gasteiger charge is 2.32. The van der Waals surface area contributed by atoms with Crippen molar-refractivity contribution in [2.45, 2.75) is 38.1 Å². The molecule has 1 N–H and O–H groups in total. The molecular formula is C15H25BrCl2N2S. The number of thiophene rings is 1. The molecule has 2 nitrogen and oxygen atoms in total. The normalized spacial score (nSPS) is 22.1. The average molecular weight is 416 g/mol. The molecule has 2 aliphatic rings. The molecular weight excluding hydrogens is 391 g/mol. The lowest BCUT2D eigenvalue weighted by atomic mass is 9.82. The van der Waals surface area contributed by atoms with E-state index < -0.39 is 0 Å². The number of hydrogen-bond donors (Lipinski definition) is 1. The van der Waals surface area contributed by atoms with Crippen molar-refractivity contribution in [2.75, 3.05) is 26.2 Å². The molecule has 1 saturated heterocycles. The quantitative estimate of drug-likeness (QED) is 0.756. The van der Waals surface area contributed by atoms with Gasteiger partial charge in [-0.25, -0.2) is 0 Å². The SMILES string of the molecule is Brc1ccsc1[C@H](C1CCCCC1)N1CCNCC1.Cl.Cl. The fourth-order valence-electron chi connectivity index (χ4n) is 3.60. The molecule has 0 radical (unpaired) electrons. The molecule has 1 aromatic heterocycles. The van der Waals surface area contributed by atoms with Crippen molar-refractivity contribution in [2.24, 2.45) is 5.92 Å². The molecule has 0 amide bonds. The molecule has 2 fully saturated rings. The van der Waals surface area contributed by atoms with Crippen molar-refractivity contribution in [1.29, 1.82) is 0 Å². The Bertz CT molecular complexity index is 386. The van der Waals surface area contributed by atoms with Crippen LogP contribution in [0.15, 0.2) is 15.9 Å². The molecule has 0 bridgehead atoms. The minimum Gasteiger partial charge on any atom is -0.314 e. The van der Waals surface area contributed by atoms with E-state index in [4.69, 9.17) is 0 Å². The number of nitrogens with one attached hydrogen (secondary N) is 1. The van der Waals surface area contributed by atoms with Gasteiger partial charge in [-0.05, 0) is 46.1 Å². The summed E-state index contributed by atoms with van der Waals surface area (Å²) < 4.78 is 1.33. The standard InChI is InChI=1S/C15H23BrN2S.2ClH/c16-13-6-11-19-15(13)14(12-4-2-1-3-5-12)18-9-7-17-8-10-18;;/h6,11-12,14,17H,1-5,7-10H2;2*1H/t14-;;/m0../s1. The van der Waals surface area contributed by atoms with Crippen LogP contribution in [0.3, 0.4) is 0 Å². The van der Waals surface area contributed by atoms with E-state index in [1.54, 1.807) is 4.88 Å².